The highest BCUT2D eigenvalue weighted by atomic mass is 16.5. The SMILES string of the molecule is CCCC(CO)NC1=NC(N)=NC2CC(OC)=CC=C12. The standard InChI is InChI=1S/C14H22N4O2/c1-3-4-9(8-19)16-13-11-6-5-10(20-2)7-12(11)17-14(15)18-13/h5-6,9,12,19H,3-4,7-8H2,1-2H3,(H3,15,16,17,18). The second-order valence-corrected chi connectivity index (χ2v) is 4.94. The van der Waals surface area contributed by atoms with Crippen LogP contribution in [0.25, 0.3) is 0 Å². The molecule has 1 aliphatic heterocycles. The first-order valence-corrected chi connectivity index (χ1v) is 6.92. The van der Waals surface area contributed by atoms with Gasteiger partial charge < -0.3 is 20.9 Å². The number of hydrogen-bond donors (Lipinski definition) is 3. The van der Waals surface area contributed by atoms with E-state index in [0.29, 0.717) is 12.3 Å². The van der Waals surface area contributed by atoms with Crippen LogP contribution in [0, 0.1) is 0 Å². The third-order valence-electron chi connectivity index (χ3n) is 3.45. The summed E-state index contributed by atoms with van der Waals surface area (Å²) in [4.78, 5) is 8.62. The second kappa shape index (κ2) is 6.56. The maximum Gasteiger partial charge on any atom is 0.217 e. The third-order valence-corrected chi connectivity index (χ3v) is 3.45. The van der Waals surface area contributed by atoms with Crippen LogP contribution in [0.15, 0.2) is 33.5 Å². The van der Waals surface area contributed by atoms with E-state index in [4.69, 9.17) is 10.5 Å². The zero-order valence-corrected chi connectivity index (χ0v) is 12.0. The Kier molecular flexibility index (Phi) is 4.79. The third kappa shape index (κ3) is 3.19. The van der Waals surface area contributed by atoms with Crippen LogP contribution in [0.2, 0.25) is 0 Å². The number of guanidine groups is 1. The van der Waals surface area contributed by atoms with Crippen LogP contribution in [-0.4, -0.2) is 42.7 Å². The summed E-state index contributed by atoms with van der Waals surface area (Å²) in [6.07, 6.45) is 6.43. The predicted octanol–water partition coefficient (Wildman–Crippen LogP) is 0.693. The van der Waals surface area contributed by atoms with Crippen molar-refractivity contribution in [3.05, 3.63) is 23.5 Å². The number of aliphatic imine (C=N–C) groups is 2. The van der Waals surface area contributed by atoms with E-state index in [-0.39, 0.29) is 24.7 Å². The highest BCUT2D eigenvalue weighted by Gasteiger charge is 2.28. The molecule has 4 N–H and O–H groups in total. The van der Waals surface area contributed by atoms with Crippen molar-refractivity contribution in [3.63, 3.8) is 0 Å². The van der Waals surface area contributed by atoms with Crippen molar-refractivity contribution < 1.29 is 9.84 Å². The molecule has 0 fully saturated rings. The zero-order chi connectivity index (χ0) is 14.5. The number of methoxy groups -OCH3 is 1. The number of amidine groups is 1. The summed E-state index contributed by atoms with van der Waals surface area (Å²) in [5, 5.41) is 12.7. The molecule has 0 aromatic heterocycles. The van der Waals surface area contributed by atoms with Crippen molar-refractivity contribution >= 4 is 11.8 Å². The number of nitrogens with two attached hydrogens (primary N) is 1. The number of hydrogen-bond acceptors (Lipinski definition) is 6. The summed E-state index contributed by atoms with van der Waals surface area (Å²) in [6, 6.07) is -0.0741. The van der Waals surface area contributed by atoms with Crippen LogP contribution in [0.1, 0.15) is 26.2 Å². The molecule has 0 amide bonds. The van der Waals surface area contributed by atoms with Gasteiger partial charge in [-0.05, 0) is 18.6 Å². The van der Waals surface area contributed by atoms with Gasteiger partial charge in [0.05, 0.1) is 31.6 Å². The molecule has 6 nitrogen and oxygen atoms in total. The molecule has 2 aliphatic rings. The van der Waals surface area contributed by atoms with Crippen LogP contribution in [0.5, 0.6) is 0 Å². The summed E-state index contributed by atoms with van der Waals surface area (Å²) < 4.78 is 5.26. The van der Waals surface area contributed by atoms with Gasteiger partial charge in [-0.25, -0.2) is 4.99 Å². The van der Waals surface area contributed by atoms with Gasteiger partial charge in [-0.15, -0.1) is 0 Å². The molecule has 1 aliphatic carbocycles. The fourth-order valence-electron chi connectivity index (χ4n) is 2.40. The van der Waals surface area contributed by atoms with Gasteiger partial charge in [-0.1, -0.05) is 13.3 Å². The van der Waals surface area contributed by atoms with E-state index >= 15 is 0 Å². The van der Waals surface area contributed by atoms with Gasteiger partial charge in [0.2, 0.25) is 5.96 Å². The number of nitrogens with one attached hydrogen (secondary N) is 1. The van der Waals surface area contributed by atoms with E-state index in [2.05, 4.69) is 22.2 Å². The van der Waals surface area contributed by atoms with Gasteiger partial charge in [0.25, 0.3) is 0 Å². The van der Waals surface area contributed by atoms with Crippen LogP contribution >= 0.6 is 0 Å². The molecule has 2 atom stereocenters. The first-order valence-electron chi connectivity index (χ1n) is 6.92. The Labute approximate surface area is 119 Å². The fourth-order valence-corrected chi connectivity index (χ4v) is 2.40. The Hall–Kier alpha value is -1.82. The summed E-state index contributed by atoms with van der Waals surface area (Å²) in [6.45, 7) is 2.15. The van der Waals surface area contributed by atoms with Crippen LogP contribution in [0.3, 0.4) is 0 Å². The van der Waals surface area contributed by atoms with E-state index in [1.165, 1.54) is 0 Å². The van der Waals surface area contributed by atoms with E-state index in [1.807, 2.05) is 12.2 Å². The summed E-state index contributed by atoms with van der Waals surface area (Å²) >= 11 is 0. The molecule has 20 heavy (non-hydrogen) atoms. The lowest BCUT2D eigenvalue weighted by Gasteiger charge is -2.28. The molecule has 1 heterocycles. The van der Waals surface area contributed by atoms with Gasteiger partial charge in [0, 0.05) is 12.0 Å². The molecular weight excluding hydrogens is 256 g/mol. The molecule has 0 saturated heterocycles. The first kappa shape index (κ1) is 14.6. The average Bonchev–Trinajstić information content (AvgIpc) is 2.45. The van der Waals surface area contributed by atoms with Crippen LogP contribution in [-0.2, 0) is 4.74 Å². The number of rotatable bonds is 5. The molecule has 0 saturated carbocycles. The zero-order valence-electron chi connectivity index (χ0n) is 12.0. The lowest BCUT2D eigenvalue weighted by Crippen LogP contribution is -2.43. The number of allylic oxidation sites excluding steroid dienone is 2. The minimum atomic E-state index is -0.0593. The van der Waals surface area contributed by atoms with Crippen molar-refractivity contribution in [2.75, 3.05) is 13.7 Å². The van der Waals surface area contributed by atoms with Crippen molar-refractivity contribution in [1.29, 1.82) is 0 Å². The topological polar surface area (TPSA) is 92.2 Å². The normalized spacial score (nSPS) is 22.9. The van der Waals surface area contributed by atoms with E-state index in [0.717, 1.165) is 24.2 Å². The Morgan fingerprint density at radius 1 is 1.55 bits per heavy atom. The highest BCUT2D eigenvalue weighted by molar-refractivity contribution is 6.08. The number of nitrogens with zero attached hydrogens (tertiary/aromatic N) is 2. The molecule has 0 aromatic rings. The molecule has 110 valence electrons. The maximum atomic E-state index is 9.40. The minimum absolute atomic E-state index is 0.0148. The molecule has 0 aromatic carbocycles. The van der Waals surface area contributed by atoms with E-state index < -0.39 is 0 Å². The van der Waals surface area contributed by atoms with Crippen molar-refractivity contribution in [2.24, 2.45) is 15.7 Å². The molecule has 0 radical (unpaired) electrons. The van der Waals surface area contributed by atoms with Gasteiger partial charge >= 0.3 is 0 Å². The minimum Gasteiger partial charge on any atom is -0.501 e. The van der Waals surface area contributed by atoms with Crippen molar-refractivity contribution in [2.45, 2.75) is 38.3 Å². The Bertz CT molecular complexity index is 480. The van der Waals surface area contributed by atoms with Gasteiger partial charge in [0.1, 0.15) is 5.84 Å². The number of aliphatic hydroxyl groups excluding tert-OH is 1. The van der Waals surface area contributed by atoms with E-state index in [9.17, 15) is 5.11 Å². The Morgan fingerprint density at radius 2 is 2.35 bits per heavy atom. The largest absolute Gasteiger partial charge is 0.501 e. The highest BCUT2D eigenvalue weighted by Crippen LogP contribution is 2.25. The smallest absolute Gasteiger partial charge is 0.217 e. The number of ether oxygens (including phenoxy) is 1. The van der Waals surface area contributed by atoms with Gasteiger partial charge in [-0.2, -0.15) is 4.99 Å². The first-order chi connectivity index (χ1) is 9.67. The Balaban J connectivity index is 2.20. The lowest BCUT2D eigenvalue weighted by atomic mass is 9.95. The van der Waals surface area contributed by atoms with Gasteiger partial charge in [-0.3, -0.25) is 0 Å². The van der Waals surface area contributed by atoms with Gasteiger partial charge in [0.15, 0.2) is 0 Å². The van der Waals surface area contributed by atoms with Crippen molar-refractivity contribution in [1.82, 2.24) is 5.32 Å². The maximum absolute atomic E-state index is 9.40. The quantitative estimate of drug-likeness (QED) is 0.690. The summed E-state index contributed by atoms with van der Waals surface area (Å²) in [5.74, 6) is 1.85. The molecule has 0 bridgehead atoms. The molecule has 2 rings (SSSR count). The molecule has 2 unspecified atom stereocenters. The van der Waals surface area contributed by atoms with Crippen molar-refractivity contribution in [3.8, 4) is 0 Å². The second-order valence-electron chi connectivity index (χ2n) is 4.94. The summed E-state index contributed by atoms with van der Waals surface area (Å²) in [7, 11) is 1.65. The molecule has 0 spiro atoms. The molecular formula is C14H22N4O2. The lowest BCUT2D eigenvalue weighted by molar-refractivity contribution is 0.248. The predicted molar refractivity (Wildman–Crippen MR) is 79.6 cm³/mol. The number of fused-ring (bicyclic) bond motifs is 1. The van der Waals surface area contributed by atoms with Crippen LogP contribution in [0.4, 0.5) is 0 Å². The van der Waals surface area contributed by atoms with Crippen LogP contribution < -0.4 is 11.1 Å². The Morgan fingerprint density at radius 3 is 3.00 bits per heavy atom. The summed E-state index contributed by atoms with van der Waals surface area (Å²) in [5.41, 5.74) is 6.78. The molecule has 6 heteroatoms. The fraction of sp³-hybridized carbons (Fsp3) is 0.571. The number of aliphatic hydroxyl groups is 1. The average molecular weight is 278 g/mol. The van der Waals surface area contributed by atoms with E-state index in [1.54, 1.807) is 7.11 Å². The monoisotopic (exact) mass is 278 g/mol.